The second kappa shape index (κ2) is 8.20. The lowest BCUT2D eigenvalue weighted by atomic mass is 10.2. The lowest BCUT2D eigenvalue weighted by Crippen LogP contribution is -2.36. The van der Waals surface area contributed by atoms with Gasteiger partial charge in [-0.25, -0.2) is 0 Å². The third-order valence-corrected chi connectivity index (χ3v) is 2.33. The summed E-state index contributed by atoms with van der Waals surface area (Å²) in [6, 6.07) is 0.537. The highest BCUT2D eigenvalue weighted by molar-refractivity contribution is 5.49. The van der Waals surface area contributed by atoms with Crippen LogP contribution in [0.2, 0.25) is 0 Å². The molecule has 1 atom stereocenters. The number of carbonyl (C=O) groups is 1. The van der Waals surface area contributed by atoms with Gasteiger partial charge in [0.2, 0.25) is 0 Å². The molecule has 0 spiro atoms. The van der Waals surface area contributed by atoms with Gasteiger partial charge in [-0.2, -0.15) is 0 Å². The normalized spacial score (nSPS) is 13.2. The van der Waals surface area contributed by atoms with Gasteiger partial charge in [0.05, 0.1) is 6.61 Å². The van der Waals surface area contributed by atoms with Crippen LogP contribution in [0.15, 0.2) is 0 Å². The van der Waals surface area contributed by atoms with Crippen molar-refractivity contribution in [3.05, 3.63) is 0 Å². The van der Waals surface area contributed by atoms with E-state index < -0.39 is 0 Å². The van der Waals surface area contributed by atoms with Crippen LogP contribution in [0.3, 0.4) is 0 Å². The number of hydrogen-bond donors (Lipinski definition) is 0. The summed E-state index contributed by atoms with van der Waals surface area (Å²) in [5, 5.41) is 0. The maximum Gasteiger partial charge on any atom is 0.121 e. The zero-order chi connectivity index (χ0) is 10.1. The van der Waals surface area contributed by atoms with E-state index in [9.17, 15) is 4.79 Å². The van der Waals surface area contributed by atoms with Crippen LogP contribution in [0.4, 0.5) is 0 Å². The Balaban J connectivity index is 3.78. The Morgan fingerprint density at radius 2 is 2.15 bits per heavy atom. The third kappa shape index (κ3) is 5.77. The summed E-state index contributed by atoms with van der Waals surface area (Å²) in [7, 11) is 1.70. The van der Waals surface area contributed by atoms with Gasteiger partial charge in [-0.1, -0.05) is 6.92 Å². The molecule has 0 bridgehead atoms. The van der Waals surface area contributed by atoms with E-state index in [1.54, 1.807) is 7.11 Å². The topological polar surface area (TPSA) is 29.5 Å². The fourth-order valence-electron chi connectivity index (χ4n) is 1.24. The summed E-state index contributed by atoms with van der Waals surface area (Å²) >= 11 is 0. The predicted molar refractivity (Wildman–Crippen MR) is 53.9 cm³/mol. The number of rotatable bonds is 8. The Morgan fingerprint density at radius 1 is 1.46 bits per heavy atom. The van der Waals surface area contributed by atoms with Crippen molar-refractivity contribution in [3.63, 3.8) is 0 Å². The zero-order valence-electron chi connectivity index (χ0n) is 8.95. The second-order valence-corrected chi connectivity index (χ2v) is 3.24. The first kappa shape index (κ1) is 12.6. The maximum absolute atomic E-state index is 10.2. The van der Waals surface area contributed by atoms with Crippen LogP contribution in [-0.4, -0.2) is 44.0 Å². The lowest BCUT2D eigenvalue weighted by Gasteiger charge is -2.27. The molecule has 0 radical (unpaired) electrons. The Morgan fingerprint density at radius 3 is 2.62 bits per heavy atom. The van der Waals surface area contributed by atoms with Gasteiger partial charge in [-0.05, 0) is 13.3 Å². The van der Waals surface area contributed by atoms with Crippen molar-refractivity contribution in [2.75, 3.05) is 26.8 Å². The Bertz CT molecular complexity index is 128. The molecule has 0 rings (SSSR count). The minimum absolute atomic E-state index is 0.537. The van der Waals surface area contributed by atoms with E-state index in [4.69, 9.17) is 4.74 Å². The summed E-state index contributed by atoms with van der Waals surface area (Å²) in [6.45, 7) is 6.84. The molecule has 13 heavy (non-hydrogen) atoms. The first-order valence-corrected chi connectivity index (χ1v) is 4.92. The molecule has 0 saturated carbocycles. The van der Waals surface area contributed by atoms with Gasteiger partial charge in [0.1, 0.15) is 6.29 Å². The van der Waals surface area contributed by atoms with Crippen LogP contribution in [0.25, 0.3) is 0 Å². The molecule has 0 fully saturated rings. The van der Waals surface area contributed by atoms with Crippen LogP contribution < -0.4 is 0 Å². The van der Waals surface area contributed by atoms with Crippen molar-refractivity contribution in [3.8, 4) is 0 Å². The van der Waals surface area contributed by atoms with Gasteiger partial charge in [0.25, 0.3) is 0 Å². The predicted octanol–water partition coefficient (Wildman–Crippen LogP) is 1.32. The van der Waals surface area contributed by atoms with Crippen LogP contribution in [0, 0.1) is 0 Å². The molecule has 0 amide bonds. The second-order valence-electron chi connectivity index (χ2n) is 3.24. The molecular formula is C10H21NO2. The van der Waals surface area contributed by atoms with E-state index in [1.165, 1.54) is 0 Å². The van der Waals surface area contributed by atoms with E-state index >= 15 is 0 Å². The van der Waals surface area contributed by atoms with Crippen LogP contribution in [0.5, 0.6) is 0 Å². The largest absolute Gasteiger partial charge is 0.383 e. The molecule has 0 heterocycles. The SMILES string of the molecule is CCC(C)N(CCC=O)CCOC. The summed E-state index contributed by atoms with van der Waals surface area (Å²) in [5.41, 5.74) is 0. The molecule has 0 N–H and O–H groups in total. The fourth-order valence-corrected chi connectivity index (χ4v) is 1.24. The van der Waals surface area contributed by atoms with Crippen LogP contribution >= 0.6 is 0 Å². The Hall–Kier alpha value is -0.410. The number of hydrogen-bond acceptors (Lipinski definition) is 3. The highest BCUT2D eigenvalue weighted by Crippen LogP contribution is 2.03. The Labute approximate surface area is 81.1 Å². The highest BCUT2D eigenvalue weighted by atomic mass is 16.5. The van der Waals surface area contributed by atoms with E-state index in [2.05, 4.69) is 18.7 Å². The smallest absolute Gasteiger partial charge is 0.121 e. The van der Waals surface area contributed by atoms with Crippen molar-refractivity contribution in [2.45, 2.75) is 32.7 Å². The number of carbonyl (C=O) groups excluding carboxylic acids is 1. The molecule has 0 aromatic heterocycles. The lowest BCUT2D eigenvalue weighted by molar-refractivity contribution is -0.108. The minimum Gasteiger partial charge on any atom is -0.383 e. The van der Waals surface area contributed by atoms with E-state index in [-0.39, 0.29) is 0 Å². The molecule has 3 heteroatoms. The molecule has 0 aliphatic carbocycles. The number of aldehydes is 1. The average molecular weight is 187 g/mol. The first-order valence-electron chi connectivity index (χ1n) is 4.92. The van der Waals surface area contributed by atoms with Gasteiger partial charge in [-0.15, -0.1) is 0 Å². The monoisotopic (exact) mass is 187 g/mol. The molecule has 0 aromatic rings. The number of methoxy groups -OCH3 is 1. The number of ether oxygens (including phenoxy) is 1. The molecule has 78 valence electrons. The van der Waals surface area contributed by atoms with Crippen LogP contribution in [0.1, 0.15) is 26.7 Å². The Kier molecular flexibility index (Phi) is 7.94. The van der Waals surface area contributed by atoms with Crippen molar-refractivity contribution < 1.29 is 9.53 Å². The molecule has 0 aliphatic heterocycles. The molecule has 3 nitrogen and oxygen atoms in total. The third-order valence-electron chi connectivity index (χ3n) is 2.33. The van der Waals surface area contributed by atoms with Gasteiger partial charge in [-0.3, -0.25) is 4.90 Å². The summed E-state index contributed by atoms with van der Waals surface area (Å²) in [5.74, 6) is 0. The highest BCUT2D eigenvalue weighted by Gasteiger charge is 2.10. The molecular weight excluding hydrogens is 166 g/mol. The summed E-state index contributed by atoms with van der Waals surface area (Å²) < 4.78 is 5.02. The molecule has 0 aliphatic rings. The molecule has 0 saturated heterocycles. The fraction of sp³-hybridized carbons (Fsp3) is 0.900. The van der Waals surface area contributed by atoms with Crippen molar-refractivity contribution >= 4 is 6.29 Å². The molecule has 1 unspecified atom stereocenters. The van der Waals surface area contributed by atoms with Gasteiger partial charge < -0.3 is 9.53 Å². The maximum atomic E-state index is 10.2. The number of nitrogens with zero attached hydrogens (tertiary/aromatic N) is 1. The van der Waals surface area contributed by atoms with Crippen molar-refractivity contribution in [2.24, 2.45) is 0 Å². The van der Waals surface area contributed by atoms with Crippen molar-refractivity contribution in [1.82, 2.24) is 4.90 Å². The van der Waals surface area contributed by atoms with Crippen molar-refractivity contribution in [1.29, 1.82) is 0 Å². The molecule has 0 aromatic carbocycles. The quantitative estimate of drug-likeness (QED) is 0.537. The van der Waals surface area contributed by atoms with E-state index in [1.807, 2.05) is 0 Å². The van der Waals surface area contributed by atoms with Gasteiger partial charge in [0, 0.05) is 32.7 Å². The first-order chi connectivity index (χ1) is 6.26. The minimum atomic E-state index is 0.537. The van der Waals surface area contributed by atoms with E-state index in [0.717, 1.165) is 32.4 Å². The average Bonchev–Trinajstić information content (AvgIpc) is 2.17. The standard InChI is InChI=1S/C10H21NO2/c1-4-10(2)11(6-5-8-12)7-9-13-3/h8,10H,4-7,9H2,1-3H3. The van der Waals surface area contributed by atoms with Gasteiger partial charge >= 0.3 is 0 Å². The zero-order valence-corrected chi connectivity index (χ0v) is 8.95. The van der Waals surface area contributed by atoms with Crippen LogP contribution in [-0.2, 0) is 9.53 Å². The van der Waals surface area contributed by atoms with E-state index in [0.29, 0.717) is 12.5 Å². The van der Waals surface area contributed by atoms with Gasteiger partial charge in [0.15, 0.2) is 0 Å². The summed E-state index contributed by atoms with van der Waals surface area (Å²) in [4.78, 5) is 12.5. The summed E-state index contributed by atoms with van der Waals surface area (Å²) in [6.07, 6.45) is 2.71.